The van der Waals surface area contributed by atoms with E-state index in [0.29, 0.717) is 24.3 Å². The number of nitrogens with one attached hydrogen (secondary N) is 1. The highest BCUT2D eigenvalue weighted by Crippen LogP contribution is 2.27. The second kappa shape index (κ2) is 6.79. The molecular formula is C16H25N3O2S. The number of aliphatic hydroxyl groups is 1. The first-order valence-corrected chi connectivity index (χ1v) is 8.65. The van der Waals surface area contributed by atoms with Gasteiger partial charge in [-0.2, -0.15) is 5.10 Å². The standard InChI is InChI=1S/C16H25N3O2S/c1-5-7-16(21,8-6-2)10-17-14(20)13-9-12-11(3)18-19(4)15(12)22-13/h9,21H,5-8,10H2,1-4H3,(H,17,20). The van der Waals surface area contributed by atoms with E-state index in [1.165, 1.54) is 11.3 Å². The number of nitrogens with zero attached hydrogens (tertiary/aromatic N) is 2. The van der Waals surface area contributed by atoms with E-state index in [0.717, 1.165) is 28.8 Å². The van der Waals surface area contributed by atoms with Crippen molar-refractivity contribution in [3.63, 3.8) is 0 Å². The molecule has 122 valence electrons. The van der Waals surface area contributed by atoms with Crippen molar-refractivity contribution < 1.29 is 9.90 Å². The average Bonchev–Trinajstić information content (AvgIpc) is 3.00. The number of aryl methyl sites for hydroxylation is 2. The first-order valence-electron chi connectivity index (χ1n) is 7.84. The van der Waals surface area contributed by atoms with Gasteiger partial charge in [-0.25, -0.2) is 0 Å². The summed E-state index contributed by atoms with van der Waals surface area (Å²) in [5.74, 6) is -0.119. The highest BCUT2D eigenvalue weighted by Gasteiger charge is 2.26. The molecule has 0 spiro atoms. The third kappa shape index (κ3) is 3.50. The first-order chi connectivity index (χ1) is 10.4. The average molecular weight is 323 g/mol. The molecular weight excluding hydrogens is 298 g/mol. The van der Waals surface area contributed by atoms with Gasteiger partial charge < -0.3 is 10.4 Å². The zero-order chi connectivity index (χ0) is 16.3. The molecule has 2 heterocycles. The predicted molar refractivity (Wildman–Crippen MR) is 90.4 cm³/mol. The van der Waals surface area contributed by atoms with Crippen molar-refractivity contribution in [2.75, 3.05) is 6.54 Å². The van der Waals surface area contributed by atoms with Crippen molar-refractivity contribution in [2.24, 2.45) is 7.05 Å². The summed E-state index contributed by atoms with van der Waals surface area (Å²) in [4.78, 5) is 14.0. The summed E-state index contributed by atoms with van der Waals surface area (Å²) < 4.78 is 1.80. The van der Waals surface area contributed by atoms with E-state index in [2.05, 4.69) is 10.4 Å². The molecule has 0 atom stereocenters. The van der Waals surface area contributed by atoms with Crippen molar-refractivity contribution in [2.45, 2.75) is 52.1 Å². The van der Waals surface area contributed by atoms with Gasteiger partial charge in [0.1, 0.15) is 4.83 Å². The van der Waals surface area contributed by atoms with Gasteiger partial charge in [0.25, 0.3) is 5.91 Å². The van der Waals surface area contributed by atoms with E-state index < -0.39 is 5.60 Å². The zero-order valence-electron chi connectivity index (χ0n) is 13.8. The van der Waals surface area contributed by atoms with Crippen molar-refractivity contribution in [3.8, 4) is 0 Å². The Morgan fingerprint density at radius 3 is 2.59 bits per heavy atom. The van der Waals surface area contributed by atoms with Crippen LogP contribution in [0.25, 0.3) is 10.2 Å². The van der Waals surface area contributed by atoms with Crippen molar-refractivity contribution in [3.05, 3.63) is 16.6 Å². The van der Waals surface area contributed by atoms with E-state index in [4.69, 9.17) is 0 Å². The molecule has 2 aromatic rings. The molecule has 1 amide bonds. The molecule has 22 heavy (non-hydrogen) atoms. The van der Waals surface area contributed by atoms with Crippen LogP contribution < -0.4 is 5.32 Å². The Labute approximate surface area is 135 Å². The van der Waals surface area contributed by atoms with Crippen molar-refractivity contribution >= 4 is 27.5 Å². The topological polar surface area (TPSA) is 67.2 Å². The molecule has 6 heteroatoms. The molecule has 0 radical (unpaired) electrons. The second-order valence-corrected chi connectivity index (χ2v) is 6.98. The van der Waals surface area contributed by atoms with Crippen LogP contribution in [0.3, 0.4) is 0 Å². The molecule has 0 fully saturated rings. The highest BCUT2D eigenvalue weighted by atomic mass is 32.1. The van der Waals surface area contributed by atoms with Crippen LogP contribution >= 0.6 is 11.3 Å². The Kier molecular flexibility index (Phi) is 5.24. The molecule has 0 aliphatic heterocycles. The number of hydrogen-bond donors (Lipinski definition) is 2. The zero-order valence-corrected chi connectivity index (χ0v) is 14.6. The first kappa shape index (κ1) is 17.0. The van der Waals surface area contributed by atoms with Gasteiger partial charge in [0.2, 0.25) is 0 Å². The maximum absolute atomic E-state index is 12.3. The van der Waals surface area contributed by atoms with E-state index in [9.17, 15) is 9.90 Å². The number of thiophene rings is 1. The van der Waals surface area contributed by atoms with Crippen LogP contribution in [0.5, 0.6) is 0 Å². The minimum Gasteiger partial charge on any atom is -0.388 e. The van der Waals surface area contributed by atoms with Crippen LogP contribution in [0.4, 0.5) is 0 Å². The summed E-state index contributed by atoms with van der Waals surface area (Å²) in [6.07, 6.45) is 3.22. The summed E-state index contributed by atoms with van der Waals surface area (Å²) >= 11 is 1.44. The van der Waals surface area contributed by atoms with E-state index >= 15 is 0 Å². The molecule has 0 saturated heterocycles. The minimum atomic E-state index is -0.798. The number of carbonyl (C=O) groups is 1. The van der Waals surface area contributed by atoms with E-state index in [1.54, 1.807) is 4.68 Å². The van der Waals surface area contributed by atoms with Crippen LogP contribution in [0, 0.1) is 6.92 Å². The molecule has 0 saturated carbocycles. The lowest BCUT2D eigenvalue weighted by molar-refractivity contribution is 0.0213. The van der Waals surface area contributed by atoms with Gasteiger partial charge in [0.05, 0.1) is 16.2 Å². The van der Waals surface area contributed by atoms with Gasteiger partial charge in [0, 0.05) is 19.0 Å². The molecule has 0 bridgehead atoms. The monoisotopic (exact) mass is 323 g/mol. The van der Waals surface area contributed by atoms with Gasteiger partial charge in [-0.05, 0) is 25.8 Å². The minimum absolute atomic E-state index is 0.119. The van der Waals surface area contributed by atoms with E-state index in [1.807, 2.05) is 33.9 Å². The predicted octanol–water partition coefficient (Wildman–Crippen LogP) is 3.00. The SMILES string of the molecule is CCCC(O)(CCC)CNC(=O)c1cc2c(C)nn(C)c2s1. The molecule has 2 rings (SSSR count). The number of amides is 1. The molecule has 0 aliphatic rings. The Hall–Kier alpha value is -1.40. The number of carbonyl (C=O) groups excluding carboxylic acids is 1. The molecule has 5 nitrogen and oxygen atoms in total. The molecule has 0 unspecified atom stereocenters. The Balaban J connectivity index is 2.08. The lowest BCUT2D eigenvalue weighted by atomic mass is 9.92. The quantitative estimate of drug-likeness (QED) is 0.823. The number of rotatable bonds is 7. The largest absolute Gasteiger partial charge is 0.388 e. The summed E-state index contributed by atoms with van der Waals surface area (Å²) in [6.45, 7) is 6.34. The second-order valence-electron chi connectivity index (χ2n) is 5.95. The normalized spacial score (nSPS) is 12.0. The van der Waals surface area contributed by atoms with Crippen molar-refractivity contribution in [1.82, 2.24) is 15.1 Å². The molecule has 0 aromatic carbocycles. The van der Waals surface area contributed by atoms with Gasteiger partial charge in [-0.1, -0.05) is 26.7 Å². The number of aromatic nitrogens is 2. The summed E-state index contributed by atoms with van der Waals surface area (Å²) in [7, 11) is 1.88. The fraction of sp³-hybridized carbons (Fsp3) is 0.625. The Bertz CT molecular complexity index is 619. The fourth-order valence-corrected chi connectivity index (χ4v) is 3.92. The lowest BCUT2D eigenvalue weighted by Crippen LogP contribution is -2.42. The summed E-state index contributed by atoms with van der Waals surface area (Å²) in [5, 5.41) is 18.8. The van der Waals surface area contributed by atoms with Gasteiger partial charge >= 0.3 is 0 Å². The molecule has 2 aromatic heterocycles. The van der Waals surface area contributed by atoms with Crippen molar-refractivity contribution in [1.29, 1.82) is 0 Å². The fourth-order valence-electron chi connectivity index (χ4n) is 2.88. The third-order valence-electron chi connectivity index (χ3n) is 3.93. The Morgan fingerprint density at radius 2 is 2.05 bits per heavy atom. The van der Waals surface area contributed by atoms with Gasteiger partial charge in [-0.15, -0.1) is 11.3 Å². The van der Waals surface area contributed by atoms with Crippen LogP contribution in [-0.4, -0.2) is 32.9 Å². The molecule has 0 aliphatic carbocycles. The smallest absolute Gasteiger partial charge is 0.261 e. The highest BCUT2D eigenvalue weighted by molar-refractivity contribution is 7.20. The lowest BCUT2D eigenvalue weighted by Gasteiger charge is -2.27. The van der Waals surface area contributed by atoms with Gasteiger partial charge in [0.15, 0.2) is 0 Å². The molecule has 2 N–H and O–H groups in total. The van der Waals surface area contributed by atoms with Crippen LogP contribution in [0.15, 0.2) is 6.07 Å². The number of hydrogen-bond acceptors (Lipinski definition) is 4. The summed E-state index contributed by atoms with van der Waals surface area (Å²) in [5.41, 5.74) is 0.133. The van der Waals surface area contributed by atoms with Crippen LogP contribution in [0.2, 0.25) is 0 Å². The summed E-state index contributed by atoms with van der Waals surface area (Å²) in [6, 6.07) is 1.89. The van der Waals surface area contributed by atoms with E-state index in [-0.39, 0.29) is 5.91 Å². The van der Waals surface area contributed by atoms with Gasteiger partial charge in [-0.3, -0.25) is 9.48 Å². The Morgan fingerprint density at radius 1 is 1.41 bits per heavy atom. The van der Waals surface area contributed by atoms with Crippen LogP contribution in [-0.2, 0) is 7.05 Å². The third-order valence-corrected chi connectivity index (χ3v) is 5.13. The van der Waals surface area contributed by atoms with Crippen LogP contribution in [0.1, 0.15) is 54.9 Å². The number of fused-ring (bicyclic) bond motifs is 1. The maximum Gasteiger partial charge on any atom is 0.261 e. The maximum atomic E-state index is 12.3.